The van der Waals surface area contributed by atoms with Gasteiger partial charge in [-0.25, -0.2) is 9.97 Å². The molecule has 0 radical (unpaired) electrons. The molecule has 3 fully saturated rings. The fraction of sp³-hybridized carbons (Fsp3) is 0.600. The van der Waals surface area contributed by atoms with Gasteiger partial charge in [0.2, 0.25) is 5.91 Å². The Morgan fingerprint density at radius 3 is 2.35 bits per heavy atom. The number of amides is 2. The second-order valence-corrected chi connectivity index (χ2v) is 11.8. The maximum atomic E-state index is 12.4. The molecule has 2 aliphatic heterocycles. The fourth-order valence-corrected chi connectivity index (χ4v) is 6.52. The number of rotatable bonds is 8. The van der Waals surface area contributed by atoms with Crippen LogP contribution in [0.15, 0.2) is 30.5 Å². The standard InChI is InChI=1S/C30H44N8O2/c1-21-22(19-27(39)35(2)3)7-6-14-38(21)26-20-32-28(29(31)40)30(34-26)33-23-10-12-25(13-11-23)37-17-15-36(16-18-37)24-8-4-5-9-24/h10-13,20-22,24H,4-9,14-19H2,1-3H3,(H2,31,40)(H,33,34)/t21-,22+/m1/s1. The van der Waals surface area contributed by atoms with Gasteiger partial charge in [-0.15, -0.1) is 0 Å². The molecular formula is C30H44N8O2. The predicted molar refractivity (Wildman–Crippen MR) is 159 cm³/mol. The van der Waals surface area contributed by atoms with Crippen LogP contribution < -0.4 is 20.9 Å². The number of nitrogens with two attached hydrogens (primary N) is 1. The molecule has 40 heavy (non-hydrogen) atoms. The van der Waals surface area contributed by atoms with E-state index in [2.05, 4.69) is 44.1 Å². The topological polar surface area (TPSA) is 111 Å². The maximum Gasteiger partial charge on any atom is 0.271 e. The highest BCUT2D eigenvalue weighted by Gasteiger charge is 2.32. The minimum Gasteiger partial charge on any atom is -0.369 e. The van der Waals surface area contributed by atoms with Crippen LogP contribution in [0.4, 0.5) is 23.0 Å². The van der Waals surface area contributed by atoms with Crippen molar-refractivity contribution in [2.24, 2.45) is 11.7 Å². The van der Waals surface area contributed by atoms with Gasteiger partial charge in [0.15, 0.2) is 11.5 Å². The van der Waals surface area contributed by atoms with Crippen LogP contribution in [0.2, 0.25) is 0 Å². The number of carbonyl (C=O) groups excluding carboxylic acids is 2. The Labute approximate surface area is 237 Å². The Morgan fingerprint density at radius 1 is 1.00 bits per heavy atom. The number of carbonyl (C=O) groups is 2. The van der Waals surface area contributed by atoms with E-state index < -0.39 is 5.91 Å². The summed E-state index contributed by atoms with van der Waals surface area (Å²) in [6.45, 7) is 7.27. The second-order valence-electron chi connectivity index (χ2n) is 11.8. The summed E-state index contributed by atoms with van der Waals surface area (Å²) in [7, 11) is 3.59. The van der Waals surface area contributed by atoms with Crippen molar-refractivity contribution in [2.45, 2.75) is 64.0 Å². The van der Waals surface area contributed by atoms with E-state index in [9.17, 15) is 9.59 Å². The molecule has 10 nitrogen and oxygen atoms in total. The molecule has 2 amide bonds. The monoisotopic (exact) mass is 548 g/mol. The van der Waals surface area contributed by atoms with Crippen LogP contribution >= 0.6 is 0 Å². The fourth-order valence-electron chi connectivity index (χ4n) is 6.52. The summed E-state index contributed by atoms with van der Waals surface area (Å²) in [4.78, 5) is 42.7. The van der Waals surface area contributed by atoms with Gasteiger partial charge in [-0.1, -0.05) is 12.8 Å². The highest BCUT2D eigenvalue weighted by molar-refractivity contribution is 5.96. The van der Waals surface area contributed by atoms with Crippen molar-refractivity contribution in [3.63, 3.8) is 0 Å². The first-order valence-electron chi connectivity index (χ1n) is 14.8. The highest BCUT2D eigenvalue weighted by atomic mass is 16.2. The molecule has 216 valence electrons. The Morgan fingerprint density at radius 2 is 1.70 bits per heavy atom. The lowest BCUT2D eigenvalue weighted by molar-refractivity contribution is -0.130. The molecule has 2 saturated heterocycles. The van der Waals surface area contributed by atoms with E-state index in [1.807, 2.05) is 12.1 Å². The van der Waals surface area contributed by atoms with Crippen molar-refractivity contribution in [2.75, 3.05) is 61.9 Å². The van der Waals surface area contributed by atoms with Crippen molar-refractivity contribution in [1.82, 2.24) is 19.8 Å². The summed E-state index contributed by atoms with van der Waals surface area (Å²) < 4.78 is 0. The number of piperazine rings is 1. The summed E-state index contributed by atoms with van der Waals surface area (Å²) >= 11 is 0. The van der Waals surface area contributed by atoms with Crippen LogP contribution in [-0.4, -0.2) is 90.5 Å². The number of anilines is 4. The normalized spacial score (nSPS) is 22.4. The highest BCUT2D eigenvalue weighted by Crippen LogP contribution is 2.32. The van der Waals surface area contributed by atoms with Crippen LogP contribution in [0.3, 0.4) is 0 Å². The van der Waals surface area contributed by atoms with Crippen molar-refractivity contribution >= 4 is 34.8 Å². The van der Waals surface area contributed by atoms with E-state index in [0.717, 1.165) is 57.3 Å². The Kier molecular flexibility index (Phi) is 8.73. The third-order valence-electron chi connectivity index (χ3n) is 9.02. The van der Waals surface area contributed by atoms with Gasteiger partial charge in [-0.3, -0.25) is 14.5 Å². The van der Waals surface area contributed by atoms with Crippen molar-refractivity contribution < 1.29 is 9.59 Å². The smallest absolute Gasteiger partial charge is 0.271 e. The summed E-state index contributed by atoms with van der Waals surface area (Å²) in [5.41, 5.74) is 7.79. The zero-order valence-corrected chi connectivity index (χ0v) is 24.2. The summed E-state index contributed by atoms with van der Waals surface area (Å²) in [5, 5.41) is 3.29. The number of hydrogen-bond donors (Lipinski definition) is 2. The first kappa shape index (κ1) is 28.1. The number of nitrogens with one attached hydrogen (secondary N) is 1. The molecule has 1 aromatic carbocycles. The third-order valence-corrected chi connectivity index (χ3v) is 9.02. The van der Waals surface area contributed by atoms with E-state index in [4.69, 9.17) is 10.7 Å². The molecule has 3 N–H and O–H groups in total. The molecule has 3 heterocycles. The van der Waals surface area contributed by atoms with Crippen molar-refractivity contribution in [3.8, 4) is 0 Å². The SMILES string of the molecule is C[C@@H]1[C@H](CC(=O)N(C)C)CCCN1c1cnc(C(N)=O)c(Nc2ccc(N3CCN(C4CCCC4)CC3)cc2)n1. The zero-order valence-electron chi connectivity index (χ0n) is 24.2. The lowest BCUT2D eigenvalue weighted by Crippen LogP contribution is -2.49. The predicted octanol–water partition coefficient (Wildman–Crippen LogP) is 3.47. The van der Waals surface area contributed by atoms with Crippen LogP contribution in [0.5, 0.6) is 0 Å². The van der Waals surface area contributed by atoms with Crippen LogP contribution in [0.1, 0.15) is 62.4 Å². The van der Waals surface area contributed by atoms with Crippen LogP contribution in [-0.2, 0) is 4.79 Å². The largest absolute Gasteiger partial charge is 0.369 e. The van der Waals surface area contributed by atoms with Crippen LogP contribution in [0, 0.1) is 5.92 Å². The molecule has 2 aromatic rings. The molecule has 0 spiro atoms. The Bertz CT molecular complexity index is 1170. The molecule has 0 unspecified atom stereocenters. The number of primary amides is 1. The van der Waals surface area contributed by atoms with Gasteiger partial charge >= 0.3 is 0 Å². The first-order valence-corrected chi connectivity index (χ1v) is 14.8. The van der Waals surface area contributed by atoms with Gasteiger partial charge in [0.05, 0.1) is 6.20 Å². The first-order chi connectivity index (χ1) is 19.3. The van der Waals surface area contributed by atoms with Crippen molar-refractivity contribution in [3.05, 3.63) is 36.2 Å². The van der Waals surface area contributed by atoms with E-state index in [-0.39, 0.29) is 23.6 Å². The van der Waals surface area contributed by atoms with Gasteiger partial charge in [0.25, 0.3) is 5.91 Å². The van der Waals surface area contributed by atoms with Gasteiger partial charge in [0, 0.05) is 76.7 Å². The molecular weight excluding hydrogens is 504 g/mol. The minimum absolute atomic E-state index is 0.111. The van der Waals surface area contributed by atoms with E-state index in [0.29, 0.717) is 18.1 Å². The molecule has 5 rings (SSSR count). The van der Waals surface area contributed by atoms with Gasteiger partial charge in [-0.05, 0) is 62.8 Å². The molecule has 3 aliphatic rings. The number of benzene rings is 1. The Balaban J connectivity index is 1.27. The molecule has 1 aromatic heterocycles. The Hall–Kier alpha value is -3.40. The number of aromatic nitrogens is 2. The summed E-state index contributed by atoms with van der Waals surface area (Å²) in [5.74, 6) is 0.764. The number of nitrogens with zero attached hydrogens (tertiary/aromatic N) is 6. The quantitative estimate of drug-likeness (QED) is 0.516. The lowest BCUT2D eigenvalue weighted by Gasteiger charge is -2.40. The molecule has 0 bridgehead atoms. The molecule has 1 saturated carbocycles. The van der Waals surface area contributed by atoms with Crippen LogP contribution in [0.25, 0.3) is 0 Å². The van der Waals surface area contributed by atoms with Gasteiger partial charge < -0.3 is 25.8 Å². The molecule has 10 heteroatoms. The third kappa shape index (κ3) is 6.32. The van der Waals surface area contributed by atoms with E-state index in [1.54, 1.807) is 25.2 Å². The summed E-state index contributed by atoms with van der Waals surface area (Å²) in [6.07, 6.45) is 9.54. The van der Waals surface area contributed by atoms with E-state index in [1.165, 1.54) is 31.4 Å². The molecule has 1 aliphatic carbocycles. The van der Waals surface area contributed by atoms with E-state index >= 15 is 0 Å². The maximum absolute atomic E-state index is 12.4. The van der Waals surface area contributed by atoms with Crippen molar-refractivity contribution in [1.29, 1.82) is 0 Å². The zero-order chi connectivity index (χ0) is 28.2. The van der Waals surface area contributed by atoms with Gasteiger partial charge in [0.1, 0.15) is 5.82 Å². The summed E-state index contributed by atoms with van der Waals surface area (Å²) in [6, 6.07) is 9.17. The second kappa shape index (κ2) is 12.4. The average molecular weight is 549 g/mol. The van der Waals surface area contributed by atoms with Gasteiger partial charge in [-0.2, -0.15) is 0 Å². The molecule has 2 atom stereocenters. The number of hydrogen-bond acceptors (Lipinski definition) is 8. The lowest BCUT2D eigenvalue weighted by atomic mass is 9.87. The average Bonchev–Trinajstić information content (AvgIpc) is 3.50. The minimum atomic E-state index is -0.626. The number of piperidine rings is 1.